The summed E-state index contributed by atoms with van der Waals surface area (Å²) in [6.07, 6.45) is 3.42. The van der Waals surface area contributed by atoms with Crippen molar-refractivity contribution in [2.24, 2.45) is 0 Å². The van der Waals surface area contributed by atoms with E-state index in [1.807, 2.05) is 11.8 Å². The van der Waals surface area contributed by atoms with E-state index in [0.29, 0.717) is 17.2 Å². The molecule has 1 saturated heterocycles. The van der Waals surface area contributed by atoms with Gasteiger partial charge >= 0.3 is 0 Å². The second kappa shape index (κ2) is 6.27. The lowest BCUT2D eigenvalue weighted by Crippen LogP contribution is -2.38. The Hall–Kier alpha value is -2.21. The zero-order valence-corrected chi connectivity index (χ0v) is 12.6. The Balaban J connectivity index is 1.64. The number of aryl methyl sites for hydroxylation is 1. The molecule has 1 fully saturated rings. The van der Waals surface area contributed by atoms with E-state index in [0.717, 1.165) is 37.3 Å². The first kappa shape index (κ1) is 14.7. The maximum absolute atomic E-state index is 12.5. The van der Waals surface area contributed by atoms with Crippen LogP contribution >= 0.6 is 0 Å². The van der Waals surface area contributed by atoms with Crippen LogP contribution in [0.5, 0.6) is 0 Å². The Morgan fingerprint density at radius 2 is 2.18 bits per heavy atom. The number of rotatable bonds is 3. The van der Waals surface area contributed by atoms with Gasteiger partial charge < -0.3 is 10.0 Å². The number of hydrogen-bond acceptors (Lipinski definition) is 4. The summed E-state index contributed by atoms with van der Waals surface area (Å²) in [4.78, 5) is 18.4. The van der Waals surface area contributed by atoms with Crippen LogP contribution in [0.25, 0.3) is 0 Å². The van der Waals surface area contributed by atoms with Gasteiger partial charge in [-0.2, -0.15) is 5.10 Å². The number of nitrogens with zero attached hydrogens (tertiary/aromatic N) is 3. The molecule has 0 radical (unpaired) electrons. The average Bonchev–Trinajstić information content (AvgIpc) is 3.01. The van der Waals surface area contributed by atoms with Crippen LogP contribution < -0.4 is 0 Å². The summed E-state index contributed by atoms with van der Waals surface area (Å²) >= 11 is 0. The van der Waals surface area contributed by atoms with Crippen molar-refractivity contribution in [1.29, 1.82) is 0 Å². The second-order valence-electron chi connectivity index (χ2n) is 5.74. The number of likely N-dealkylation sites (tertiary alicyclic amines) is 1. The lowest BCUT2D eigenvalue weighted by Gasteiger charge is -2.31. The molecule has 0 spiro atoms. The number of amides is 1. The predicted molar refractivity (Wildman–Crippen MR) is 81.4 cm³/mol. The summed E-state index contributed by atoms with van der Waals surface area (Å²) < 4.78 is 0. The van der Waals surface area contributed by atoms with Crippen LogP contribution in [0.1, 0.15) is 46.2 Å². The molecule has 3 heterocycles. The number of aromatic nitrogens is 3. The van der Waals surface area contributed by atoms with Gasteiger partial charge in [-0.3, -0.25) is 14.9 Å². The minimum absolute atomic E-state index is 0.00811. The Morgan fingerprint density at radius 3 is 2.82 bits per heavy atom. The molecule has 0 unspecified atom stereocenters. The van der Waals surface area contributed by atoms with Crippen molar-refractivity contribution >= 4 is 5.91 Å². The SMILES string of the molecule is Cc1cc(C2CCN(C(=O)c3ccnc(CO)c3)CC2)n[nH]1. The maximum atomic E-state index is 12.5. The molecule has 0 saturated carbocycles. The lowest BCUT2D eigenvalue weighted by molar-refractivity contribution is 0.0711. The third-order valence-electron chi connectivity index (χ3n) is 4.15. The Morgan fingerprint density at radius 1 is 1.41 bits per heavy atom. The molecule has 0 aromatic carbocycles. The van der Waals surface area contributed by atoms with E-state index in [9.17, 15) is 4.79 Å². The van der Waals surface area contributed by atoms with Crippen molar-refractivity contribution in [3.8, 4) is 0 Å². The van der Waals surface area contributed by atoms with Gasteiger partial charge in [0.15, 0.2) is 0 Å². The minimum Gasteiger partial charge on any atom is -0.390 e. The van der Waals surface area contributed by atoms with Crippen LogP contribution in [-0.2, 0) is 6.61 Å². The highest BCUT2D eigenvalue weighted by molar-refractivity contribution is 5.94. The first-order chi connectivity index (χ1) is 10.7. The van der Waals surface area contributed by atoms with E-state index >= 15 is 0 Å². The van der Waals surface area contributed by atoms with E-state index in [2.05, 4.69) is 21.2 Å². The largest absolute Gasteiger partial charge is 0.390 e. The number of aliphatic hydroxyl groups excluding tert-OH is 1. The molecule has 22 heavy (non-hydrogen) atoms. The van der Waals surface area contributed by atoms with E-state index in [1.54, 1.807) is 18.3 Å². The highest BCUT2D eigenvalue weighted by Crippen LogP contribution is 2.27. The van der Waals surface area contributed by atoms with Gasteiger partial charge in [0.05, 0.1) is 18.0 Å². The molecule has 116 valence electrons. The van der Waals surface area contributed by atoms with Crippen molar-refractivity contribution in [3.05, 3.63) is 47.0 Å². The van der Waals surface area contributed by atoms with E-state index < -0.39 is 0 Å². The molecule has 6 nitrogen and oxygen atoms in total. The zero-order valence-electron chi connectivity index (χ0n) is 12.6. The van der Waals surface area contributed by atoms with Crippen LogP contribution in [0.4, 0.5) is 0 Å². The fourth-order valence-electron chi connectivity index (χ4n) is 2.91. The molecule has 0 aliphatic carbocycles. The number of carbonyl (C=O) groups is 1. The molecule has 6 heteroatoms. The molecule has 0 bridgehead atoms. The van der Waals surface area contributed by atoms with E-state index in [-0.39, 0.29) is 12.5 Å². The average molecular weight is 300 g/mol. The van der Waals surface area contributed by atoms with Crippen LogP contribution in [0.3, 0.4) is 0 Å². The topological polar surface area (TPSA) is 82.1 Å². The highest BCUT2D eigenvalue weighted by Gasteiger charge is 2.25. The molecule has 3 rings (SSSR count). The fraction of sp³-hybridized carbons (Fsp3) is 0.438. The highest BCUT2D eigenvalue weighted by atomic mass is 16.3. The summed E-state index contributed by atoms with van der Waals surface area (Å²) in [7, 11) is 0. The van der Waals surface area contributed by atoms with Crippen LogP contribution in [0, 0.1) is 6.92 Å². The number of pyridine rings is 1. The standard InChI is InChI=1S/C16H20N4O2/c1-11-8-15(19-18-11)12-3-6-20(7-4-12)16(22)13-2-5-17-14(9-13)10-21/h2,5,8-9,12,21H,3-4,6-7,10H2,1H3,(H,18,19). The molecule has 1 aliphatic heterocycles. The summed E-state index contributed by atoms with van der Waals surface area (Å²) in [6.45, 7) is 3.30. The molecular formula is C16H20N4O2. The Bertz CT molecular complexity index is 660. The fourth-order valence-corrected chi connectivity index (χ4v) is 2.91. The molecular weight excluding hydrogens is 280 g/mol. The van der Waals surface area contributed by atoms with Gasteiger partial charge in [-0.05, 0) is 38.0 Å². The molecule has 2 aromatic rings. The van der Waals surface area contributed by atoms with Crippen molar-refractivity contribution in [2.75, 3.05) is 13.1 Å². The number of aliphatic hydroxyl groups is 1. The van der Waals surface area contributed by atoms with Gasteiger partial charge in [-0.1, -0.05) is 0 Å². The normalized spacial score (nSPS) is 16.0. The van der Waals surface area contributed by atoms with Gasteiger partial charge in [-0.15, -0.1) is 0 Å². The van der Waals surface area contributed by atoms with Gasteiger partial charge in [0.2, 0.25) is 0 Å². The Kier molecular flexibility index (Phi) is 4.20. The molecule has 2 N–H and O–H groups in total. The third kappa shape index (κ3) is 3.01. The molecule has 0 atom stereocenters. The van der Waals surface area contributed by atoms with Gasteiger partial charge in [0.1, 0.15) is 0 Å². The molecule has 2 aromatic heterocycles. The lowest BCUT2D eigenvalue weighted by atomic mass is 9.93. The third-order valence-corrected chi connectivity index (χ3v) is 4.15. The summed E-state index contributed by atoms with van der Waals surface area (Å²) in [6, 6.07) is 5.44. The summed E-state index contributed by atoms with van der Waals surface area (Å²) in [5.74, 6) is 0.424. The van der Waals surface area contributed by atoms with Gasteiger partial charge in [0, 0.05) is 36.5 Å². The van der Waals surface area contributed by atoms with Crippen molar-refractivity contribution < 1.29 is 9.90 Å². The zero-order chi connectivity index (χ0) is 15.5. The molecule has 1 amide bonds. The van der Waals surface area contributed by atoms with Gasteiger partial charge in [0.25, 0.3) is 5.91 Å². The quantitative estimate of drug-likeness (QED) is 0.902. The van der Waals surface area contributed by atoms with Crippen LogP contribution in [0.2, 0.25) is 0 Å². The van der Waals surface area contributed by atoms with E-state index in [4.69, 9.17) is 5.11 Å². The van der Waals surface area contributed by atoms with E-state index in [1.165, 1.54) is 0 Å². The second-order valence-corrected chi connectivity index (χ2v) is 5.74. The first-order valence-electron chi connectivity index (χ1n) is 7.54. The van der Waals surface area contributed by atoms with Crippen molar-refractivity contribution in [1.82, 2.24) is 20.1 Å². The summed E-state index contributed by atoms with van der Waals surface area (Å²) in [5, 5.41) is 16.4. The number of piperidine rings is 1. The number of aromatic amines is 1. The number of H-pyrrole nitrogens is 1. The van der Waals surface area contributed by atoms with Crippen molar-refractivity contribution in [3.63, 3.8) is 0 Å². The number of hydrogen-bond donors (Lipinski definition) is 2. The Labute approximate surface area is 129 Å². The predicted octanol–water partition coefficient (Wildman–Crippen LogP) is 1.63. The van der Waals surface area contributed by atoms with Crippen molar-refractivity contribution in [2.45, 2.75) is 32.3 Å². The monoisotopic (exact) mass is 300 g/mol. The van der Waals surface area contributed by atoms with Crippen LogP contribution in [-0.4, -0.2) is 44.2 Å². The van der Waals surface area contributed by atoms with Crippen LogP contribution in [0.15, 0.2) is 24.4 Å². The smallest absolute Gasteiger partial charge is 0.253 e. The minimum atomic E-state index is -0.151. The number of carbonyl (C=O) groups excluding carboxylic acids is 1. The van der Waals surface area contributed by atoms with Gasteiger partial charge in [-0.25, -0.2) is 0 Å². The first-order valence-corrected chi connectivity index (χ1v) is 7.54. The maximum Gasteiger partial charge on any atom is 0.253 e. The summed E-state index contributed by atoms with van der Waals surface area (Å²) in [5.41, 5.74) is 3.28. The number of nitrogens with one attached hydrogen (secondary N) is 1. The molecule has 1 aliphatic rings.